The van der Waals surface area contributed by atoms with Gasteiger partial charge in [-0.25, -0.2) is 8.78 Å². The van der Waals surface area contributed by atoms with Gasteiger partial charge in [0.25, 0.3) is 0 Å². The van der Waals surface area contributed by atoms with E-state index in [0.717, 1.165) is 6.42 Å². The standard InChI is InChI=1S/C23H28F2N2O2S/c1-4-16(2)26-23(29)17(3)27(13-18-9-5-7-11-20(18)24)22(28)15-30-14-19-10-6-8-12-21(19)25/h5-12,16-17H,4,13-15H2,1-3H3,(H,26,29)/t16-,17+/m1/s1. The third-order valence-corrected chi connectivity index (χ3v) is 5.87. The van der Waals surface area contributed by atoms with Crippen LogP contribution in [0.5, 0.6) is 0 Å². The number of halogens is 2. The molecule has 0 bridgehead atoms. The lowest BCUT2D eigenvalue weighted by molar-refractivity contribution is -0.139. The van der Waals surface area contributed by atoms with Crippen molar-refractivity contribution in [3.05, 3.63) is 71.3 Å². The minimum atomic E-state index is -0.764. The molecule has 162 valence electrons. The van der Waals surface area contributed by atoms with Gasteiger partial charge in [-0.05, 0) is 38.0 Å². The Labute approximate surface area is 181 Å². The first-order valence-electron chi connectivity index (χ1n) is 9.97. The predicted octanol–water partition coefficient (Wildman–Crippen LogP) is 4.53. The van der Waals surface area contributed by atoms with Crippen LogP contribution in [0.4, 0.5) is 8.78 Å². The largest absolute Gasteiger partial charge is 0.352 e. The van der Waals surface area contributed by atoms with Crippen molar-refractivity contribution in [3.8, 4) is 0 Å². The van der Waals surface area contributed by atoms with Gasteiger partial charge in [-0.2, -0.15) is 0 Å². The summed E-state index contributed by atoms with van der Waals surface area (Å²) < 4.78 is 28.0. The van der Waals surface area contributed by atoms with Gasteiger partial charge >= 0.3 is 0 Å². The summed E-state index contributed by atoms with van der Waals surface area (Å²) in [5.74, 6) is -0.936. The molecule has 0 aliphatic rings. The third kappa shape index (κ3) is 6.83. The molecule has 2 aromatic rings. The molecule has 0 heterocycles. The van der Waals surface area contributed by atoms with Crippen molar-refractivity contribution in [2.75, 3.05) is 5.75 Å². The number of nitrogens with one attached hydrogen (secondary N) is 1. The number of rotatable bonds is 10. The molecule has 1 N–H and O–H groups in total. The van der Waals surface area contributed by atoms with Crippen LogP contribution in [-0.4, -0.2) is 34.6 Å². The molecule has 0 spiro atoms. The highest BCUT2D eigenvalue weighted by Gasteiger charge is 2.27. The molecule has 2 rings (SSSR count). The molecule has 4 nitrogen and oxygen atoms in total. The first-order valence-corrected chi connectivity index (χ1v) is 11.1. The molecule has 30 heavy (non-hydrogen) atoms. The van der Waals surface area contributed by atoms with Gasteiger partial charge in [0.2, 0.25) is 11.8 Å². The van der Waals surface area contributed by atoms with Gasteiger partial charge in [-0.15, -0.1) is 11.8 Å². The number of benzene rings is 2. The van der Waals surface area contributed by atoms with E-state index in [-0.39, 0.29) is 36.0 Å². The molecule has 0 fully saturated rings. The van der Waals surface area contributed by atoms with Crippen LogP contribution < -0.4 is 5.32 Å². The quantitative estimate of drug-likeness (QED) is 0.598. The Balaban J connectivity index is 2.10. The molecule has 0 saturated carbocycles. The van der Waals surface area contributed by atoms with E-state index in [4.69, 9.17) is 0 Å². The highest BCUT2D eigenvalue weighted by atomic mass is 32.2. The molecule has 2 amide bonds. The Bertz CT molecular complexity index is 863. The van der Waals surface area contributed by atoms with E-state index < -0.39 is 11.9 Å². The predicted molar refractivity (Wildman–Crippen MR) is 117 cm³/mol. The molecule has 2 atom stereocenters. The average molecular weight is 435 g/mol. The Morgan fingerprint density at radius 2 is 1.57 bits per heavy atom. The number of nitrogens with zero attached hydrogens (tertiary/aromatic N) is 1. The minimum Gasteiger partial charge on any atom is -0.352 e. The van der Waals surface area contributed by atoms with Crippen molar-refractivity contribution >= 4 is 23.6 Å². The smallest absolute Gasteiger partial charge is 0.242 e. The second-order valence-corrected chi connectivity index (χ2v) is 8.18. The van der Waals surface area contributed by atoms with Crippen molar-refractivity contribution in [2.24, 2.45) is 0 Å². The lowest BCUT2D eigenvalue weighted by Crippen LogP contribution is -2.50. The van der Waals surface area contributed by atoms with Gasteiger partial charge in [-0.3, -0.25) is 9.59 Å². The summed E-state index contributed by atoms with van der Waals surface area (Å²) in [5.41, 5.74) is 0.853. The summed E-state index contributed by atoms with van der Waals surface area (Å²) >= 11 is 1.26. The molecule has 7 heteroatoms. The zero-order chi connectivity index (χ0) is 22.1. The molecule has 0 unspecified atom stereocenters. The zero-order valence-electron chi connectivity index (χ0n) is 17.5. The summed E-state index contributed by atoms with van der Waals surface area (Å²) in [5, 5.41) is 2.87. The summed E-state index contributed by atoms with van der Waals surface area (Å²) in [6.45, 7) is 5.47. The molecule has 0 aliphatic heterocycles. The van der Waals surface area contributed by atoms with E-state index in [2.05, 4.69) is 5.32 Å². The van der Waals surface area contributed by atoms with Gasteiger partial charge in [0, 0.05) is 23.9 Å². The van der Waals surface area contributed by atoms with Crippen molar-refractivity contribution in [2.45, 2.75) is 51.6 Å². The topological polar surface area (TPSA) is 49.4 Å². The second kappa shape index (κ2) is 11.7. The number of amides is 2. The number of hydrogen-bond donors (Lipinski definition) is 1. The fraction of sp³-hybridized carbons (Fsp3) is 0.391. The normalized spacial score (nSPS) is 12.8. The van der Waals surface area contributed by atoms with E-state index in [1.807, 2.05) is 13.8 Å². The summed E-state index contributed by atoms with van der Waals surface area (Å²) in [7, 11) is 0. The molecular formula is C23H28F2N2O2S. The van der Waals surface area contributed by atoms with Crippen molar-refractivity contribution in [1.82, 2.24) is 10.2 Å². The van der Waals surface area contributed by atoms with Crippen LogP contribution in [0.3, 0.4) is 0 Å². The monoisotopic (exact) mass is 434 g/mol. The van der Waals surface area contributed by atoms with Gasteiger partial charge in [0.05, 0.1) is 5.75 Å². The Kier molecular flexibility index (Phi) is 9.30. The zero-order valence-corrected chi connectivity index (χ0v) is 18.3. The number of carbonyl (C=O) groups excluding carboxylic acids is 2. The maximum Gasteiger partial charge on any atom is 0.242 e. The van der Waals surface area contributed by atoms with Crippen LogP contribution in [0.15, 0.2) is 48.5 Å². The van der Waals surface area contributed by atoms with Gasteiger partial charge in [-0.1, -0.05) is 43.3 Å². The molecular weight excluding hydrogens is 406 g/mol. The summed E-state index contributed by atoms with van der Waals surface area (Å²) in [6, 6.07) is 11.8. The van der Waals surface area contributed by atoms with E-state index in [0.29, 0.717) is 16.9 Å². The van der Waals surface area contributed by atoms with Crippen LogP contribution in [0.25, 0.3) is 0 Å². The lowest BCUT2D eigenvalue weighted by atomic mass is 10.1. The average Bonchev–Trinajstić information content (AvgIpc) is 2.73. The van der Waals surface area contributed by atoms with Crippen LogP contribution in [0.2, 0.25) is 0 Å². The second-order valence-electron chi connectivity index (χ2n) is 7.19. The van der Waals surface area contributed by atoms with E-state index >= 15 is 0 Å². The Morgan fingerprint density at radius 1 is 1.00 bits per heavy atom. The molecule has 0 aromatic heterocycles. The fourth-order valence-corrected chi connectivity index (χ4v) is 3.70. The third-order valence-electron chi connectivity index (χ3n) is 4.91. The van der Waals surface area contributed by atoms with Crippen LogP contribution >= 0.6 is 11.8 Å². The number of thioether (sulfide) groups is 1. The first-order chi connectivity index (χ1) is 14.3. The van der Waals surface area contributed by atoms with Crippen molar-refractivity contribution < 1.29 is 18.4 Å². The first kappa shape index (κ1) is 23.9. The van der Waals surface area contributed by atoms with Gasteiger partial charge < -0.3 is 10.2 Å². The minimum absolute atomic E-state index is 0.0130. The fourth-order valence-electron chi connectivity index (χ4n) is 2.80. The van der Waals surface area contributed by atoms with Crippen molar-refractivity contribution in [1.29, 1.82) is 0 Å². The van der Waals surface area contributed by atoms with E-state index in [1.165, 1.54) is 28.8 Å². The molecule has 2 aromatic carbocycles. The number of hydrogen-bond acceptors (Lipinski definition) is 3. The van der Waals surface area contributed by atoms with Gasteiger partial charge in [0.1, 0.15) is 17.7 Å². The summed E-state index contributed by atoms with van der Waals surface area (Å²) in [6.07, 6.45) is 0.762. The highest BCUT2D eigenvalue weighted by Crippen LogP contribution is 2.18. The molecule has 0 radical (unpaired) electrons. The van der Waals surface area contributed by atoms with E-state index in [9.17, 15) is 18.4 Å². The highest BCUT2D eigenvalue weighted by molar-refractivity contribution is 7.99. The molecule has 0 saturated heterocycles. The van der Waals surface area contributed by atoms with Crippen LogP contribution in [-0.2, 0) is 21.9 Å². The summed E-state index contributed by atoms with van der Waals surface area (Å²) in [4.78, 5) is 26.9. The van der Waals surface area contributed by atoms with Gasteiger partial charge in [0.15, 0.2) is 0 Å². The number of carbonyl (C=O) groups is 2. The van der Waals surface area contributed by atoms with Crippen LogP contribution in [0.1, 0.15) is 38.3 Å². The van der Waals surface area contributed by atoms with Crippen LogP contribution in [0, 0.1) is 11.6 Å². The lowest BCUT2D eigenvalue weighted by Gasteiger charge is -2.29. The SMILES string of the molecule is CC[C@@H](C)NC(=O)[C@H](C)N(Cc1ccccc1F)C(=O)CSCc1ccccc1F. The van der Waals surface area contributed by atoms with E-state index in [1.54, 1.807) is 43.3 Å². The Morgan fingerprint density at radius 3 is 2.13 bits per heavy atom. The maximum absolute atomic E-state index is 14.2. The maximum atomic E-state index is 14.2. The Hall–Kier alpha value is -2.41. The molecule has 0 aliphatic carbocycles. The van der Waals surface area contributed by atoms with Crippen molar-refractivity contribution in [3.63, 3.8) is 0 Å².